The zero-order chi connectivity index (χ0) is 22.5. The normalized spacial score (nSPS) is 11.6. The standard InChI is InChI=1S/C23H30ClFN2O2S/c1-16(2)27(22(29)23(4,5)15-24)14-21(28)26(13-20-17(3)10-11-30-20)12-18-6-8-19(25)9-7-18/h6-11,16H,12-15H2,1-5H3. The van der Waals surface area contributed by atoms with Crippen molar-refractivity contribution in [1.82, 2.24) is 9.80 Å². The lowest BCUT2D eigenvalue weighted by Crippen LogP contribution is -2.50. The van der Waals surface area contributed by atoms with Crippen LogP contribution in [0.5, 0.6) is 0 Å². The van der Waals surface area contributed by atoms with Crippen LogP contribution in [0.2, 0.25) is 0 Å². The van der Waals surface area contributed by atoms with Crippen molar-refractivity contribution in [3.8, 4) is 0 Å². The highest BCUT2D eigenvalue weighted by Gasteiger charge is 2.34. The number of carbonyl (C=O) groups is 2. The summed E-state index contributed by atoms with van der Waals surface area (Å²) in [6.07, 6.45) is 0. The Labute approximate surface area is 187 Å². The summed E-state index contributed by atoms with van der Waals surface area (Å²) < 4.78 is 13.3. The van der Waals surface area contributed by atoms with Crippen LogP contribution in [0.1, 0.15) is 43.7 Å². The predicted octanol–water partition coefficient (Wildman–Crippen LogP) is 5.23. The predicted molar refractivity (Wildman–Crippen MR) is 121 cm³/mol. The van der Waals surface area contributed by atoms with E-state index in [0.717, 1.165) is 16.0 Å². The maximum absolute atomic E-state index is 13.3. The van der Waals surface area contributed by atoms with Gasteiger partial charge in [0.15, 0.2) is 0 Å². The number of benzene rings is 1. The second kappa shape index (κ2) is 10.4. The molecule has 2 rings (SSSR count). The Balaban J connectivity index is 2.26. The molecule has 0 saturated carbocycles. The van der Waals surface area contributed by atoms with Gasteiger partial charge in [-0.15, -0.1) is 22.9 Å². The molecule has 0 aliphatic heterocycles. The summed E-state index contributed by atoms with van der Waals surface area (Å²) in [5.74, 6) is -0.434. The van der Waals surface area contributed by atoms with Gasteiger partial charge >= 0.3 is 0 Å². The zero-order valence-electron chi connectivity index (χ0n) is 18.2. The Hall–Kier alpha value is -1.92. The number of aryl methyl sites for hydroxylation is 1. The Bertz CT molecular complexity index is 864. The van der Waals surface area contributed by atoms with Crippen LogP contribution in [0.15, 0.2) is 35.7 Å². The van der Waals surface area contributed by atoms with E-state index < -0.39 is 5.41 Å². The van der Waals surface area contributed by atoms with Gasteiger partial charge in [0.1, 0.15) is 12.4 Å². The largest absolute Gasteiger partial charge is 0.332 e. The van der Waals surface area contributed by atoms with E-state index in [1.54, 1.807) is 47.1 Å². The smallest absolute Gasteiger partial charge is 0.242 e. The first-order valence-corrected chi connectivity index (χ1v) is 11.4. The third-order valence-corrected chi connectivity index (χ3v) is 6.72. The van der Waals surface area contributed by atoms with Gasteiger partial charge in [0.2, 0.25) is 11.8 Å². The zero-order valence-corrected chi connectivity index (χ0v) is 19.8. The molecule has 0 saturated heterocycles. The second-order valence-corrected chi connectivity index (χ2v) is 9.72. The summed E-state index contributed by atoms with van der Waals surface area (Å²) in [5, 5.41) is 2.00. The fourth-order valence-corrected chi connectivity index (χ4v) is 4.00. The van der Waals surface area contributed by atoms with E-state index in [2.05, 4.69) is 0 Å². The molecule has 30 heavy (non-hydrogen) atoms. The fourth-order valence-electron chi connectivity index (χ4n) is 2.96. The molecular formula is C23H30ClFN2O2S. The Morgan fingerprint density at radius 3 is 2.27 bits per heavy atom. The van der Waals surface area contributed by atoms with Crippen LogP contribution in [0.25, 0.3) is 0 Å². The van der Waals surface area contributed by atoms with E-state index in [1.807, 2.05) is 32.2 Å². The van der Waals surface area contributed by atoms with Gasteiger partial charge in [0.05, 0.1) is 12.0 Å². The van der Waals surface area contributed by atoms with Gasteiger partial charge in [0, 0.05) is 23.3 Å². The van der Waals surface area contributed by atoms with Crippen molar-refractivity contribution in [3.63, 3.8) is 0 Å². The number of hydrogen-bond donors (Lipinski definition) is 0. The monoisotopic (exact) mass is 452 g/mol. The number of alkyl halides is 1. The van der Waals surface area contributed by atoms with E-state index in [4.69, 9.17) is 11.6 Å². The molecular weight excluding hydrogens is 423 g/mol. The minimum Gasteiger partial charge on any atom is -0.332 e. The maximum atomic E-state index is 13.3. The SMILES string of the molecule is Cc1ccsc1CN(Cc1ccc(F)cc1)C(=O)CN(C(=O)C(C)(C)CCl)C(C)C. The third kappa shape index (κ3) is 6.29. The first kappa shape index (κ1) is 24.4. The molecule has 2 amide bonds. The summed E-state index contributed by atoms with van der Waals surface area (Å²) in [4.78, 5) is 30.7. The van der Waals surface area contributed by atoms with Crippen molar-refractivity contribution >= 4 is 34.8 Å². The maximum Gasteiger partial charge on any atom is 0.242 e. The molecule has 0 aliphatic carbocycles. The number of amides is 2. The summed E-state index contributed by atoms with van der Waals surface area (Å²) in [7, 11) is 0. The number of nitrogens with zero attached hydrogens (tertiary/aromatic N) is 2. The van der Waals surface area contributed by atoms with Gasteiger partial charge in [-0.3, -0.25) is 9.59 Å². The fraction of sp³-hybridized carbons (Fsp3) is 0.478. The van der Waals surface area contributed by atoms with Crippen LogP contribution in [0, 0.1) is 18.2 Å². The van der Waals surface area contributed by atoms with E-state index >= 15 is 0 Å². The lowest BCUT2D eigenvalue weighted by atomic mass is 9.93. The molecule has 1 aromatic carbocycles. The van der Waals surface area contributed by atoms with Crippen molar-refractivity contribution in [1.29, 1.82) is 0 Å². The lowest BCUT2D eigenvalue weighted by Gasteiger charge is -2.35. The Morgan fingerprint density at radius 1 is 1.13 bits per heavy atom. The third-order valence-electron chi connectivity index (χ3n) is 5.04. The second-order valence-electron chi connectivity index (χ2n) is 8.45. The van der Waals surface area contributed by atoms with Crippen LogP contribution in [-0.2, 0) is 22.7 Å². The number of thiophene rings is 1. The van der Waals surface area contributed by atoms with Crippen molar-refractivity contribution in [2.24, 2.45) is 5.41 Å². The van der Waals surface area contributed by atoms with Crippen LogP contribution in [0.3, 0.4) is 0 Å². The number of rotatable bonds is 9. The van der Waals surface area contributed by atoms with Crippen LogP contribution >= 0.6 is 22.9 Å². The van der Waals surface area contributed by atoms with Crippen LogP contribution < -0.4 is 0 Å². The van der Waals surface area contributed by atoms with Gasteiger partial charge in [-0.2, -0.15) is 0 Å². The van der Waals surface area contributed by atoms with Gasteiger partial charge in [-0.05, 0) is 69.3 Å². The highest BCUT2D eigenvalue weighted by molar-refractivity contribution is 7.10. The first-order valence-electron chi connectivity index (χ1n) is 9.97. The van der Waals surface area contributed by atoms with Gasteiger partial charge < -0.3 is 9.80 Å². The number of carbonyl (C=O) groups excluding carboxylic acids is 2. The molecule has 0 spiro atoms. The van der Waals surface area contributed by atoms with Gasteiger partial charge in [-0.1, -0.05) is 12.1 Å². The van der Waals surface area contributed by atoms with Crippen molar-refractivity contribution in [3.05, 3.63) is 57.5 Å². The molecule has 1 aromatic heterocycles. The number of hydrogen-bond acceptors (Lipinski definition) is 3. The average Bonchev–Trinajstić information content (AvgIpc) is 3.10. The van der Waals surface area contributed by atoms with E-state index in [9.17, 15) is 14.0 Å². The summed E-state index contributed by atoms with van der Waals surface area (Å²) >= 11 is 7.59. The summed E-state index contributed by atoms with van der Waals surface area (Å²) in [6, 6.07) is 8.02. The van der Waals surface area contributed by atoms with E-state index in [1.165, 1.54) is 12.1 Å². The number of halogens is 2. The molecule has 0 N–H and O–H groups in total. The first-order chi connectivity index (χ1) is 14.0. The highest BCUT2D eigenvalue weighted by atomic mass is 35.5. The molecule has 164 valence electrons. The minimum absolute atomic E-state index is 0.0254. The van der Waals surface area contributed by atoms with Gasteiger partial charge in [-0.25, -0.2) is 4.39 Å². The molecule has 0 unspecified atom stereocenters. The minimum atomic E-state index is -0.752. The molecule has 0 radical (unpaired) electrons. The quantitative estimate of drug-likeness (QED) is 0.489. The Morgan fingerprint density at radius 2 is 1.77 bits per heavy atom. The van der Waals surface area contributed by atoms with Crippen LogP contribution in [-0.4, -0.2) is 40.1 Å². The summed E-state index contributed by atoms with van der Waals surface area (Å²) in [5.41, 5.74) is 1.21. The molecule has 4 nitrogen and oxygen atoms in total. The molecule has 0 fully saturated rings. The average molecular weight is 453 g/mol. The highest BCUT2D eigenvalue weighted by Crippen LogP contribution is 2.23. The molecule has 2 aromatic rings. The molecule has 1 heterocycles. The van der Waals surface area contributed by atoms with Crippen molar-refractivity contribution in [2.45, 2.75) is 53.8 Å². The molecule has 0 atom stereocenters. The van der Waals surface area contributed by atoms with Crippen LogP contribution in [0.4, 0.5) is 4.39 Å². The molecule has 7 heteroatoms. The van der Waals surface area contributed by atoms with Gasteiger partial charge in [0.25, 0.3) is 0 Å². The van der Waals surface area contributed by atoms with E-state index in [0.29, 0.717) is 13.1 Å². The Kier molecular flexibility index (Phi) is 8.44. The van der Waals surface area contributed by atoms with Crippen molar-refractivity contribution in [2.75, 3.05) is 12.4 Å². The van der Waals surface area contributed by atoms with E-state index in [-0.39, 0.29) is 36.1 Å². The lowest BCUT2D eigenvalue weighted by molar-refractivity contribution is -0.147. The van der Waals surface area contributed by atoms with Crippen molar-refractivity contribution < 1.29 is 14.0 Å². The topological polar surface area (TPSA) is 40.6 Å². The summed E-state index contributed by atoms with van der Waals surface area (Å²) in [6.45, 7) is 10.1. The molecule has 0 aliphatic rings. The molecule has 0 bridgehead atoms.